The number of hydrogen-bond acceptors (Lipinski definition) is 6. The summed E-state index contributed by atoms with van der Waals surface area (Å²) in [5, 5.41) is 7.20. The second kappa shape index (κ2) is 7.46. The van der Waals surface area contributed by atoms with Crippen LogP contribution >= 0.6 is 11.5 Å². The van der Waals surface area contributed by atoms with Crippen molar-refractivity contribution in [3.05, 3.63) is 10.6 Å². The predicted molar refractivity (Wildman–Crippen MR) is 80.3 cm³/mol. The zero-order chi connectivity index (χ0) is 15.2. The largest absolute Gasteiger partial charge is 0.339 e. The Morgan fingerprint density at radius 3 is 2.76 bits per heavy atom. The van der Waals surface area contributed by atoms with Gasteiger partial charge in [0.05, 0.1) is 12.2 Å². The van der Waals surface area contributed by atoms with E-state index in [2.05, 4.69) is 14.9 Å². The Labute approximate surface area is 128 Å². The minimum Gasteiger partial charge on any atom is -0.339 e. The Hall–Kier alpha value is -1.54. The van der Waals surface area contributed by atoms with Crippen LogP contribution in [0.4, 0.5) is 0 Å². The number of nitrogens with one attached hydrogen (secondary N) is 1. The average molecular weight is 311 g/mol. The van der Waals surface area contributed by atoms with Crippen molar-refractivity contribution in [2.24, 2.45) is 0 Å². The molecule has 1 aliphatic heterocycles. The molecule has 2 heterocycles. The molecule has 21 heavy (non-hydrogen) atoms. The normalized spacial score (nSPS) is 15.0. The number of nitrogens with zero attached hydrogens (tertiary/aromatic N) is 4. The fourth-order valence-electron chi connectivity index (χ4n) is 2.23. The van der Waals surface area contributed by atoms with E-state index in [1.54, 1.807) is 11.9 Å². The zero-order valence-corrected chi connectivity index (χ0v) is 13.3. The van der Waals surface area contributed by atoms with Gasteiger partial charge in [-0.1, -0.05) is 17.8 Å². The number of carbonyl (C=O) groups is 2. The molecule has 0 atom stereocenters. The molecule has 0 aromatic carbocycles. The lowest BCUT2D eigenvalue weighted by atomic mass is 10.2. The lowest BCUT2D eigenvalue weighted by molar-refractivity contribution is -0.132. The number of aromatic nitrogens is 2. The maximum atomic E-state index is 12.4. The van der Waals surface area contributed by atoms with Crippen molar-refractivity contribution in [1.82, 2.24) is 24.7 Å². The summed E-state index contributed by atoms with van der Waals surface area (Å²) >= 11 is 1.10. The lowest BCUT2D eigenvalue weighted by Gasteiger charge is -2.29. The van der Waals surface area contributed by atoms with Gasteiger partial charge in [-0.15, -0.1) is 5.10 Å². The zero-order valence-electron chi connectivity index (χ0n) is 12.5. The number of rotatable bonds is 5. The maximum Gasteiger partial charge on any atom is 0.267 e. The third-order valence-corrected chi connectivity index (χ3v) is 4.18. The summed E-state index contributed by atoms with van der Waals surface area (Å²) in [4.78, 5) is 28.4. The fraction of sp³-hybridized carbons (Fsp3) is 0.692. The van der Waals surface area contributed by atoms with Gasteiger partial charge < -0.3 is 15.1 Å². The minimum absolute atomic E-state index is 0.0122. The van der Waals surface area contributed by atoms with Crippen molar-refractivity contribution in [2.45, 2.75) is 19.8 Å². The van der Waals surface area contributed by atoms with Crippen molar-refractivity contribution in [2.75, 3.05) is 39.8 Å². The third-order valence-electron chi connectivity index (χ3n) is 3.43. The van der Waals surface area contributed by atoms with Crippen molar-refractivity contribution in [3.8, 4) is 0 Å². The van der Waals surface area contributed by atoms with Crippen LogP contribution in [-0.4, -0.2) is 71.0 Å². The summed E-state index contributed by atoms with van der Waals surface area (Å²) in [5.41, 5.74) is 0.731. The van der Waals surface area contributed by atoms with Crippen LogP contribution in [0.5, 0.6) is 0 Å². The molecule has 7 nitrogen and oxygen atoms in total. The molecular formula is C13H21N5O2S. The molecule has 0 saturated carbocycles. The molecule has 0 unspecified atom stereocenters. The van der Waals surface area contributed by atoms with Gasteiger partial charge in [0.15, 0.2) is 0 Å². The molecule has 8 heteroatoms. The Kier molecular flexibility index (Phi) is 5.63. The molecule has 116 valence electrons. The predicted octanol–water partition coefficient (Wildman–Crippen LogP) is -0.00560. The van der Waals surface area contributed by atoms with E-state index in [0.29, 0.717) is 18.0 Å². The average Bonchev–Trinajstić information content (AvgIpc) is 2.96. The van der Waals surface area contributed by atoms with E-state index < -0.39 is 0 Å². The van der Waals surface area contributed by atoms with E-state index in [1.807, 2.05) is 6.92 Å². The van der Waals surface area contributed by atoms with Crippen LogP contribution in [0.15, 0.2) is 0 Å². The van der Waals surface area contributed by atoms with Crippen LogP contribution in [0, 0.1) is 0 Å². The molecule has 0 radical (unpaired) electrons. The molecule has 1 aliphatic rings. The van der Waals surface area contributed by atoms with Crippen molar-refractivity contribution >= 4 is 23.3 Å². The monoisotopic (exact) mass is 311 g/mol. The Morgan fingerprint density at radius 1 is 1.38 bits per heavy atom. The van der Waals surface area contributed by atoms with Gasteiger partial charge in [-0.25, -0.2) is 0 Å². The lowest BCUT2D eigenvalue weighted by Crippen LogP contribution is -2.49. The van der Waals surface area contributed by atoms with Gasteiger partial charge in [0.1, 0.15) is 4.88 Å². The van der Waals surface area contributed by atoms with E-state index in [4.69, 9.17) is 0 Å². The van der Waals surface area contributed by atoms with Gasteiger partial charge in [0, 0.05) is 33.2 Å². The molecule has 1 saturated heterocycles. The standard InChI is InChI=1S/C13H21N5O2S/c1-3-4-10-12(21-16-15-10)13(20)17(2)9-11(19)18-7-5-14-6-8-18/h14H,3-9H2,1-2H3. The molecule has 0 aliphatic carbocycles. The number of piperazine rings is 1. The summed E-state index contributed by atoms with van der Waals surface area (Å²) in [5.74, 6) is -0.182. The molecule has 1 N–H and O–H groups in total. The second-order valence-electron chi connectivity index (χ2n) is 5.09. The summed E-state index contributed by atoms with van der Waals surface area (Å²) < 4.78 is 3.85. The van der Waals surface area contributed by atoms with Crippen LogP contribution < -0.4 is 5.32 Å². The van der Waals surface area contributed by atoms with E-state index in [9.17, 15) is 9.59 Å². The summed E-state index contributed by atoms with van der Waals surface area (Å²) in [6.45, 7) is 5.15. The molecule has 0 spiro atoms. The number of hydrogen-bond donors (Lipinski definition) is 1. The van der Waals surface area contributed by atoms with Gasteiger partial charge >= 0.3 is 0 Å². The molecule has 1 aromatic heterocycles. The van der Waals surface area contributed by atoms with Gasteiger partial charge in [0.2, 0.25) is 5.91 Å². The highest BCUT2D eigenvalue weighted by molar-refractivity contribution is 7.08. The smallest absolute Gasteiger partial charge is 0.267 e. The summed E-state index contributed by atoms with van der Waals surface area (Å²) in [7, 11) is 1.65. The Morgan fingerprint density at radius 2 is 2.10 bits per heavy atom. The van der Waals surface area contributed by atoms with Crippen LogP contribution in [0.1, 0.15) is 28.7 Å². The molecule has 2 rings (SSSR count). The SMILES string of the molecule is CCCc1nnsc1C(=O)N(C)CC(=O)N1CCNCC1. The second-order valence-corrected chi connectivity index (χ2v) is 5.84. The van der Waals surface area contributed by atoms with Crippen LogP contribution in [-0.2, 0) is 11.2 Å². The molecule has 1 aromatic rings. The van der Waals surface area contributed by atoms with Crippen LogP contribution in [0.25, 0.3) is 0 Å². The highest BCUT2D eigenvalue weighted by Gasteiger charge is 2.23. The maximum absolute atomic E-state index is 12.4. The van der Waals surface area contributed by atoms with Gasteiger partial charge in [-0.05, 0) is 18.0 Å². The highest BCUT2D eigenvalue weighted by Crippen LogP contribution is 2.15. The van der Waals surface area contributed by atoms with E-state index in [-0.39, 0.29) is 18.4 Å². The van der Waals surface area contributed by atoms with Crippen LogP contribution in [0.2, 0.25) is 0 Å². The van der Waals surface area contributed by atoms with Crippen LogP contribution in [0.3, 0.4) is 0 Å². The van der Waals surface area contributed by atoms with Crippen molar-refractivity contribution < 1.29 is 9.59 Å². The van der Waals surface area contributed by atoms with Gasteiger partial charge in [-0.2, -0.15) is 0 Å². The quantitative estimate of drug-likeness (QED) is 0.828. The first-order valence-corrected chi connectivity index (χ1v) is 7.96. The van der Waals surface area contributed by atoms with Crippen molar-refractivity contribution in [3.63, 3.8) is 0 Å². The molecule has 0 bridgehead atoms. The number of carbonyl (C=O) groups excluding carboxylic acids is 2. The molecule has 1 fully saturated rings. The number of amides is 2. The first-order chi connectivity index (χ1) is 10.1. The van der Waals surface area contributed by atoms with Gasteiger partial charge in [0.25, 0.3) is 5.91 Å². The first kappa shape index (κ1) is 15.8. The van der Waals surface area contributed by atoms with E-state index >= 15 is 0 Å². The van der Waals surface area contributed by atoms with Gasteiger partial charge in [-0.3, -0.25) is 9.59 Å². The fourth-order valence-corrected chi connectivity index (χ4v) is 2.94. The summed E-state index contributed by atoms with van der Waals surface area (Å²) in [6.07, 6.45) is 1.65. The van der Waals surface area contributed by atoms with E-state index in [0.717, 1.165) is 43.2 Å². The third kappa shape index (κ3) is 3.98. The first-order valence-electron chi connectivity index (χ1n) is 7.18. The topological polar surface area (TPSA) is 78.4 Å². The molecule has 2 amide bonds. The summed E-state index contributed by atoms with van der Waals surface area (Å²) in [6, 6.07) is 0. The van der Waals surface area contributed by atoms with Crippen molar-refractivity contribution in [1.29, 1.82) is 0 Å². The number of likely N-dealkylation sites (N-methyl/N-ethyl adjacent to an activating group) is 1. The highest BCUT2D eigenvalue weighted by atomic mass is 32.1. The minimum atomic E-state index is -0.170. The molecular weight excluding hydrogens is 290 g/mol. The number of aryl methyl sites for hydroxylation is 1. The Bertz CT molecular complexity index is 499. The van der Waals surface area contributed by atoms with E-state index in [1.165, 1.54) is 4.90 Å². The Balaban J connectivity index is 1.95.